The Morgan fingerprint density at radius 3 is 2.50 bits per heavy atom. The molecule has 20 heavy (non-hydrogen) atoms. The molecule has 2 aromatic carbocycles. The summed E-state index contributed by atoms with van der Waals surface area (Å²) in [4.78, 5) is 0. The molecule has 0 unspecified atom stereocenters. The summed E-state index contributed by atoms with van der Waals surface area (Å²) in [7, 11) is 0. The van der Waals surface area contributed by atoms with Crippen LogP contribution in [0.4, 0.5) is 0 Å². The fourth-order valence-electron chi connectivity index (χ4n) is 2.25. The topological polar surface area (TPSA) is 0 Å². The van der Waals surface area contributed by atoms with Gasteiger partial charge in [-0.05, 0) is 5.41 Å². The van der Waals surface area contributed by atoms with E-state index in [1.54, 1.807) is 0 Å². The number of benzene rings is 1. The minimum absolute atomic E-state index is 0. The zero-order chi connectivity index (χ0) is 13.7. The largest absolute Gasteiger partial charge is 0.211 e. The Kier molecular flexibility index (Phi) is 6.75. The van der Waals surface area contributed by atoms with Gasteiger partial charge in [0, 0.05) is 25.8 Å². The van der Waals surface area contributed by atoms with Crippen LogP contribution < -0.4 is 0 Å². The van der Waals surface area contributed by atoms with Crippen LogP contribution in [0.1, 0.15) is 37.5 Å². The second-order valence-electron chi connectivity index (χ2n) is 6.24. The van der Waals surface area contributed by atoms with E-state index in [0.29, 0.717) is 5.41 Å². The molecule has 0 saturated heterocycles. The van der Waals surface area contributed by atoms with Crippen LogP contribution in [-0.4, -0.2) is 0 Å². The van der Waals surface area contributed by atoms with Crippen molar-refractivity contribution < 1.29 is 25.8 Å². The molecule has 0 radical (unpaired) electrons. The third kappa shape index (κ3) is 5.66. The molecule has 1 aliphatic rings. The molecule has 0 aliphatic heterocycles. The number of hydrogen-bond donors (Lipinski definition) is 0. The molecule has 0 fully saturated rings. The van der Waals surface area contributed by atoms with Crippen molar-refractivity contribution in [3.63, 3.8) is 0 Å². The van der Waals surface area contributed by atoms with E-state index in [9.17, 15) is 0 Å². The smallest absolute Gasteiger partial charge is 0 e. The van der Waals surface area contributed by atoms with E-state index < -0.39 is 0 Å². The first kappa shape index (κ1) is 17.2. The SMILES string of the molecule is CC(C)(C)Cc1cc[cH-]c1.[C-]1=CCc2ccccc21.[Hf]. The second kappa shape index (κ2) is 7.83. The molecule has 0 bridgehead atoms. The van der Waals surface area contributed by atoms with Gasteiger partial charge in [-0.3, -0.25) is 0 Å². The van der Waals surface area contributed by atoms with Gasteiger partial charge in [0.15, 0.2) is 0 Å². The Hall–Kier alpha value is -0.820. The minimum atomic E-state index is 0. The standard InChI is InChI=1S/C10H15.C9H7.Hf/c1-10(2,3)8-9-6-4-5-7-9;1-2-5-9-7-3-6-8(9)4-1;/h4-7H,8H2,1-3H3;1-5H,6H2;/q2*-1;. The van der Waals surface area contributed by atoms with Crippen molar-refractivity contribution >= 4 is 0 Å². The van der Waals surface area contributed by atoms with Crippen LogP contribution in [0.15, 0.2) is 54.6 Å². The summed E-state index contributed by atoms with van der Waals surface area (Å²) in [6.07, 6.45) is 7.50. The van der Waals surface area contributed by atoms with Crippen LogP contribution in [0.2, 0.25) is 0 Å². The summed E-state index contributed by atoms with van der Waals surface area (Å²) in [5.74, 6) is 0. The molecule has 2 aromatic rings. The number of fused-ring (bicyclic) bond motifs is 1. The van der Waals surface area contributed by atoms with Gasteiger partial charge in [-0.2, -0.15) is 47.5 Å². The summed E-state index contributed by atoms with van der Waals surface area (Å²) in [6, 6.07) is 16.9. The molecule has 0 N–H and O–H groups in total. The van der Waals surface area contributed by atoms with Gasteiger partial charge in [-0.25, -0.2) is 6.07 Å². The molecule has 0 aromatic heterocycles. The van der Waals surface area contributed by atoms with Crippen molar-refractivity contribution in [2.75, 3.05) is 0 Å². The summed E-state index contributed by atoms with van der Waals surface area (Å²) in [5, 5.41) is 0. The molecule has 3 rings (SSSR count). The van der Waals surface area contributed by atoms with E-state index in [-0.39, 0.29) is 25.8 Å². The van der Waals surface area contributed by atoms with Gasteiger partial charge in [-0.1, -0.05) is 39.7 Å². The molecule has 1 heteroatoms. The van der Waals surface area contributed by atoms with Crippen molar-refractivity contribution in [1.29, 1.82) is 0 Å². The molecule has 0 heterocycles. The Labute approximate surface area is 142 Å². The maximum atomic E-state index is 3.18. The quantitative estimate of drug-likeness (QED) is 0.446. The van der Waals surface area contributed by atoms with Crippen molar-refractivity contribution in [2.45, 2.75) is 33.6 Å². The molecule has 0 atom stereocenters. The monoisotopic (exact) mass is 430 g/mol. The average molecular weight is 429 g/mol. The summed E-state index contributed by atoms with van der Waals surface area (Å²) < 4.78 is 0. The van der Waals surface area contributed by atoms with E-state index in [4.69, 9.17) is 0 Å². The molecule has 0 nitrogen and oxygen atoms in total. The molecule has 104 valence electrons. The fourth-order valence-corrected chi connectivity index (χ4v) is 2.25. The Balaban J connectivity index is 0.000000191. The van der Waals surface area contributed by atoms with Crippen LogP contribution in [0.3, 0.4) is 0 Å². The molecule has 0 saturated carbocycles. The molecular formula is C19H22Hf-2. The van der Waals surface area contributed by atoms with Gasteiger partial charge in [-0.15, -0.1) is 17.7 Å². The normalized spacial score (nSPS) is 12.2. The van der Waals surface area contributed by atoms with Gasteiger partial charge in [0.1, 0.15) is 0 Å². The average Bonchev–Trinajstić information content (AvgIpc) is 2.97. The molecule has 0 spiro atoms. The number of rotatable bonds is 1. The van der Waals surface area contributed by atoms with Gasteiger partial charge >= 0.3 is 0 Å². The fraction of sp³-hybridized carbons (Fsp3) is 0.316. The van der Waals surface area contributed by atoms with Crippen LogP contribution >= 0.6 is 0 Å². The first-order chi connectivity index (χ1) is 9.04. The molecular weight excluding hydrogens is 407 g/mol. The molecule has 0 amide bonds. The zero-order valence-corrected chi connectivity index (χ0v) is 16.2. The van der Waals surface area contributed by atoms with E-state index in [1.807, 2.05) is 6.07 Å². The summed E-state index contributed by atoms with van der Waals surface area (Å²) in [5.41, 5.74) is 4.54. The van der Waals surface area contributed by atoms with Gasteiger partial charge in [0.25, 0.3) is 0 Å². The summed E-state index contributed by atoms with van der Waals surface area (Å²) in [6.45, 7) is 6.79. The second-order valence-corrected chi connectivity index (χ2v) is 6.24. The number of allylic oxidation sites excluding steroid dienone is 1. The third-order valence-corrected chi connectivity index (χ3v) is 3.06. The zero-order valence-electron chi connectivity index (χ0n) is 12.6. The number of hydrogen-bond acceptors (Lipinski definition) is 0. The van der Waals surface area contributed by atoms with E-state index in [2.05, 4.69) is 75.4 Å². The predicted octanol–water partition coefficient (Wildman–Crippen LogP) is 4.94. The van der Waals surface area contributed by atoms with Crippen molar-refractivity contribution in [2.24, 2.45) is 5.41 Å². The van der Waals surface area contributed by atoms with Crippen LogP contribution in [0.25, 0.3) is 0 Å². The molecule has 1 aliphatic carbocycles. The van der Waals surface area contributed by atoms with E-state index in [1.165, 1.54) is 23.1 Å². The third-order valence-electron chi connectivity index (χ3n) is 3.06. The van der Waals surface area contributed by atoms with Crippen LogP contribution in [-0.2, 0) is 38.7 Å². The Bertz CT molecular complexity index is 527. The van der Waals surface area contributed by atoms with Crippen LogP contribution in [0.5, 0.6) is 0 Å². The maximum Gasteiger partial charge on any atom is 0 e. The van der Waals surface area contributed by atoms with E-state index in [0.717, 1.165) is 6.42 Å². The van der Waals surface area contributed by atoms with Gasteiger partial charge in [0.2, 0.25) is 0 Å². The van der Waals surface area contributed by atoms with E-state index >= 15 is 0 Å². The summed E-state index contributed by atoms with van der Waals surface area (Å²) >= 11 is 0. The first-order valence-electron chi connectivity index (χ1n) is 6.91. The van der Waals surface area contributed by atoms with Crippen molar-refractivity contribution in [1.82, 2.24) is 0 Å². The Morgan fingerprint density at radius 2 is 1.90 bits per heavy atom. The van der Waals surface area contributed by atoms with Gasteiger partial charge in [0.05, 0.1) is 0 Å². The Morgan fingerprint density at radius 1 is 1.15 bits per heavy atom. The van der Waals surface area contributed by atoms with Gasteiger partial charge < -0.3 is 0 Å². The van der Waals surface area contributed by atoms with Crippen LogP contribution in [0, 0.1) is 11.5 Å². The first-order valence-corrected chi connectivity index (χ1v) is 6.91. The predicted molar refractivity (Wildman–Crippen MR) is 82.3 cm³/mol. The van der Waals surface area contributed by atoms with Crippen molar-refractivity contribution in [3.05, 3.63) is 77.4 Å². The van der Waals surface area contributed by atoms with Crippen molar-refractivity contribution in [3.8, 4) is 0 Å². The maximum absolute atomic E-state index is 3.18. The minimum Gasteiger partial charge on any atom is -0.211 e.